The Balaban J connectivity index is 1.70. The second kappa shape index (κ2) is 9.32. The zero-order chi connectivity index (χ0) is 22.7. The predicted molar refractivity (Wildman–Crippen MR) is 126 cm³/mol. The first-order valence-corrected chi connectivity index (χ1v) is 12.1. The fourth-order valence-corrected chi connectivity index (χ4v) is 5.91. The van der Waals surface area contributed by atoms with Crippen molar-refractivity contribution < 1.29 is 9.59 Å². The highest BCUT2D eigenvalue weighted by atomic mass is 16.2. The maximum Gasteiger partial charge on any atom is 0.325 e. The Morgan fingerprint density at radius 3 is 2.06 bits per heavy atom. The standard InChI is InChI=1S/C26H41N3O2/c1-6-7-8-9-10-14-17-28-22(30)26(27-23(28)31)19-24(2,3)29(25(4,5)20-26)18-21-15-12-11-13-16-21/h11-13,15-16H,6-10,14,17-20H2,1-5H3,(H,27,31). The quantitative estimate of drug-likeness (QED) is 0.419. The minimum Gasteiger partial charge on any atom is -0.323 e. The molecule has 1 spiro atoms. The summed E-state index contributed by atoms with van der Waals surface area (Å²) in [6.45, 7) is 12.4. The van der Waals surface area contributed by atoms with Crippen molar-refractivity contribution in [2.45, 2.75) is 109 Å². The molecule has 0 bridgehead atoms. The van der Waals surface area contributed by atoms with Crippen LogP contribution >= 0.6 is 0 Å². The van der Waals surface area contributed by atoms with E-state index in [-0.39, 0.29) is 23.0 Å². The Kier molecular flexibility index (Phi) is 7.14. The Morgan fingerprint density at radius 2 is 1.45 bits per heavy atom. The molecule has 2 saturated heterocycles. The van der Waals surface area contributed by atoms with Gasteiger partial charge in [-0.1, -0.05) is 69.4 Å². The SMILES string of the molecule is CCCCCCCCN1C(=O)NC2(CC(C)(C)N(Cc3ccccc3)C(C)(C)C2)C1=O. The summed E-state index contributed by atoms with van der Waals surface area (Å²) in [5.41, 5.74) is 0.0263. The minimum absolute atomic E-state index is 0.0217. The number of nitrogens with zero attached hydrogens (tertiary/aromatic N) is 2. The molecule has 0 aliphatic carbocycles. The van der Waals surface area contributed by atoms with Crippen molar-refractivity contribution in [2.75, 3.05) is 6.54 Å². The van der Waals surface area contributed by atoms with E-state index in [1.807, 2.05) is 6.07 Å². The third-order valence-electron chi connectivity index (χ3n) is 7.09. The Labute approximate surface area is 188 Å². The number of rotatable bonds is 9. The molecule has 2 aliphatic heterocycles. The van der Waals surface area contributed by atoms with Crippen molar-refractivity contribution in [3.63, 3.8) is 0 Å². The lowest BCUT2D eigenvalue weighted by molar-refractivity contribution is -0.141. The fourth-order valence-electron chi connectivity index (χ4n) is 5.91. The van der Waals surface area contributed by atoms with Gasteiger partial charge in [-0.05, 0) is 52.5 Å². The summed E-state index contributed by atoms with van der Waals surface area (Å²) in [6.07, 6.45) is 8.13. The summed E-state index contributed by atoms with van der Waals surface area (Å²) < 4.78 is 0. The lowest BCUT2D eigenvalue weighted by atomic mass is 9.68. The molecule has 31 heavy (non-hydrogen) atoms. The molecule has 5 heteroatoms. The molecule has 1 aromatic carbocycles. The second-order valence-electron chi connectivity index (χ2n) is 10.8. The predicted octanol–water partition coefficient (Wildman–Crippen LogP) is 5.49. The van der Waals surface area contributed by atoms with E-state index < -0.39 is 5.54 Å². The van der Waals surface area contributed by atoms with Gasteiger partial charge in [-0.15, -0.1) is 0 Å². The summed E-state index contributed by atoms with van der Waals surface area (Å²) in [5.74, 6) is -0.0217. The molecule has 1 N–H and O–H groups in total. The first-order valence-electron chi connectivity index (χ1n) is 12.1. The van der Waals surface area contributed by atoms with Gasteiger partial charge in [0.15, 0.2) is 0 Å². The van der Waals surface area contributed by atoms with Crippen LogP contribution in [0.4, 0.5) is 4.79 Å². The molecule has 1 aromatic rings. The first kappa shape index (κ1) is 23.8. The van der Waals surface area contributed by atoms with Gasteiger partial charge in [0.2, 0.25) is 0 Å². The number of urea groups is 1. The highest BCUT2D eigenvalue weighted by molar-refractivity contribution is 6.07. The lowest BCUT2D eigenvalue weighted by Crippen LogP contribution is -2.69. The molecule has 0 aromatic heterocycles. The van der Waals surface area contributed by atoms with Crippen LogP contribution in [-0.2, 0) is 11.3 Å². The number of carbonyl (C=O) groups is 2. The summed E-state index contributed by atoms with van der Waals surface area (Å²) >= 11 is 0. The van der Waals surface area contributed by atoms with E-state index in [4.69, 9.17) is 0 Å². The van der Waals surface area contributed by atoms with Gasteiger partial charge in [-0.25, -0.2) is 4.79 Å². The van der Waals surface area contributed by atoms with Crippen LogP contribution in [0.5, 0.6) is 0 Å². The number of unbranched alkanes of at least 4 members (excludes halogenated alkanes) is 5. The Morgan fingerprint density at radius 1 is 0.871 bits per heavy atom. The lowest BCUT2D eigenvalue weighted by Gasteiger charge is -2.57. The van der Waals surface area contributed by atoms with Gasteiger partial charge in [0.05, 0.1) is 0 Å². The summed E-state index contributed by atoms with van der Waals surface area (Å²) in [6, 6.07) is 10.3. The summed E-state index contributed by atoms with van der Waals surface area (Å²) in [7, 11) is 0. The molecule has 2 fully saturated rings. The zero-order valence-corrected chi connectivity index (χ0v) is 20.2. The molecular weight excluding hydrogens is 386 g/mol. The van der Waals surface area contributed by atoms with Gasteiger partial charge in [0.25, 0.3) is 5.91 Å². The van der Waals surface area contributed by atoms with Crippen LogP contribution in [0.15, 0.2) is 30.3 Å². The van der Waals surface area contributed by atoms with Crippen LogP contribution in [0.3, 0.4) is 0 Å². The topological polar surface area (TPSA) is 52.7 Å². The molecule has 0 unspecified atom stereocenters. The number of benzene rings is 1. The number of likely N-dealkylation sites (tertiary alicyclic amines) is 1. The van der Waals surface area contributed by atoms with E-state index >= 15 is 0 Å². The average Bonchev–Trinajstić information content (AvgIpc) is 2.90. The molecule has 3 amide bonds. The van der Waals surface area contributed by atoms with Crippen molar-refractivity contribution in [3.8, 4) is 0 Å². The van der Waals surface area contributed by atoms with Gasteiger partial charge in [0.1, 0.15) is 5.54 Å². The zero-order valence-electron chi connectivity index (χ0n) is 20.2. The van der Waals surface area contributed by atoms with Crippen LogP contribution in [-0.4, -0.2) is 44.9 Å². The van der Waals surface area contributed by atoms with Crippen molar-refractivity contribution in [1.82, 2.24) is 15.1 Å². The Hall–Kier alpha value is -1.88. The van der Waals surface area contributed by atoms with Crippen LogP contribution in [0, 0.1) is 0 Å². The van der Waals surface area contributed by atoms with Gasteiger partial charge in [-0.3, -0.25) is 14.6 Å². The smallest absolute Gasteiger partial charge is 0.323 e. The van der Waals surface area contributed by atoms with Gasteiger partial charge >= 0.3 is 6.03 Å². The van der Waals surface area contributed by atoms with E-state index in [0.717, 1.165) is 19.4 Å². The van der Waals surface area contributed by atoms with Gasteiger partial charge in [0, 0.05) is 24.2 Å². The van der Waals surface area contributed by atoms with Crippen molar-refractivity contribution in [2.24, 2.45) is 0 Å². The molecule has 0 atom stereocenters. The highest BCUT2D eigenvalue weighted by Crippen LogP contribution is 2.46. The maximum absolute atomic E-state index is 13.5. The van der Waals surface area contributed by atoms with Crippen LogP contribution in [0.2, 0.25) is 0 Å². The average molecular weight is 428 g/mol. The summed E-state index contributed by atoms with van der Waals surface area (Å²) in [4.78, 5) is 30.3. The molecule has 5 nitrogen and oxygen atoms in total. The van der Waals surface area contributed by atoms with Crippen molar-refractivity contribution >= 4 is 11.9 Å². The van der Waals surface area contributed by atoms with E-state index in [1.54, 1.807) is 0 Å². The van der Waals surface area contributed by atoms with Crippen LogP contribution in [0.25, 0.3) is 0 Å². The number of carbonyl (C=O) groups excluding carboxylic acids is 2. The number of imide groups is 1. The van der Waals surface area contributed by atoms with Crippen molar-refractivity contribution in [1.29, 1.82) is 0 Å². The van der Waals surface area contributed by atoms with E-state index in [2.05, 4.69) is 69.1 Å². The third kappa shape index (κ3) is 5.14. The van der Waals surface area contributed by atoms with E-state index in [9.17, 15) is 9.59 Å². The largest absolute Gasteiger partial charge is 0.325 e. The number of hydrogen-bond donors (Lipinski definition) is 1. The second-order valence-corrected chi connectivity index (χ2v) is 10.8. The monoisotopic (exact) mass is 427 g/mol. The third-order valence-corrected chi connectivity index (χ3v) is 7.09. The molecule has 0 saturated carbocycles. The number of nitrogens with one attached hydrogen (secondary N) is 1. The normalized spacial score (nSPS) is 22.2. The van der Waals surface area contributed by atoms with E-state index in [1.165, 1.54) is 36.1 Å². The number of amides is 3. The number of piperidine rings is 1. The van der Waals surface area contributed by atoms with Crippen LogP contribution in [0.1, 0.15) is 91.5 Å². The molecule has 2 aliphatic rings. The minimum atomic E-state index is -0.792. The number of hydrogen-bond acceptors (Lipinski definition) is 3. The molecule has 0 radical (unpaired) electrons. The molecule has 2 heterocycles. The molecule has 172 valence electrons. The molecular formula is C26H41N3O2. The first-order chi connectivity index (χ1) is 14.6. The summed E-state index contributed by atoms with van der Waals surface area (Å²) in [5, 5.41) is 3.14. The molecule has 3 rings (SSSR count). The van der Waals surface area contributed by atoms with Gasteiger partial charge < -0.3 is 5.32 Å². The maximum atomic E-state index is 13.5. The van der Waals surface area contributed by atoms with E-state index in [0.29, 0.717) is 19.4 Å². The Bertz CT molecular complexity index is 754. The highest BCUT2D eigenvalue weighted by Gasteiger charge is 2.60. The van der Waals surface area contributed by atoms with Crippen molar-refractivity contribution in [3.05, 3.63) is 35.9 Å². The fraction of sp³-hybridized carbons (Fsp3) is 0.692. The van der Waals surface area contributed by atoms with Gasteiger partial charge in [-0.2, -0.15) is 0 Å². The van der Waals surface area contributed by atoms with Crippen LogP contribution < -0.4 is 5.32 Å².